The molecular weight excluding hydrogens is 316 g/mol. The van der Waals surface area contributed by atoms with Crippen molar-refractivity contribution in [1.82, 2.24) is 5.32 Å². The molecule has 0 aromatic heterocycles. The molecule has 2 aromatic rings. The molecule has 130 valence electrons. The van der Waals surface area contributed by atoms with E-state index in [9.17, 15) is 9.59 Å². The van der Waals surface area contributed by atoms with Crippen LogP contribution < -0.4 is 10.2 Å². The van der Waals surface area contributed by atoms with Crippen LogP contribution in [0, 0.1) is 5.92 Å². The average Bonchev–Trinajstić information content (AvgIpc) is 3.45. The van der Waals surface area contributed by atoms with Crippen LogP contribution in [-0.2, 0) is 9.59 Å². The first-order valence-electron chi connectivity index (χ1n) is 8.49. The third-order valence-electron chi connectivity index (χ3n) is 4.35. The maximum absolute atomic E-state index is 12.6. The van der Waals surface area contributed by atoms with Gasteiger partial charge in [0.25, 0.3) is 0 Å². The molecule has 1 saturated carbocycles. The third-order valence-corrected chi connectivity index (χ3v) is 4.35. The number of carboxylic acids is 1. The summed E-state index contributed by atoms with van der Waals surface area (Å²) in [5.41, 5.74) is 1.82. The minimum absolute atomic E-state index is 0.00356. The van der Waals surface area contributed by atoms with Crippen molar-refractivity contribution in [1.29, 1.82) is 0 Å². The molecule has 0 radical (unpaired) electrons. The van der Waals surface area contributed by atoms with Gasteiger partial charge in [-0.05, 0) is 36.5 Å². The minimum atomic E-state index is -0.960. The fourth-order valence-electron chi connectivity index (χ4n) is 3.00. The van der Waals surface area contributed by atoms with Crippen LogP contribution in [0.2, 0.25) is 0 Å². The normalized spacial score (nSPS) is 14.6. The number of anilines is 1. The van der Waals surface area contributed by atoms with E-state index in [1.54, 1.807) is 4.90 Å². The number of carbonyl (C=O) groups is 2. The number of aliphatic carboxylic acids is 1. The molecule has 1 unspecified atom stereocenters. The zero-order valence-electron chi connectivity index (χ0n) is 14.0. The Morgan fingerprint density at radius 1 is 1.00 bits per heavy atom. The van der Waals surface area contributed by atoms with Crippen molar-refractivity contribution in [2.24, 2.45) is 5.92 Å². The van der Waals surface area contributed by atoms with Gasteiger partial charge in [0.1, 0.15) is 6.54 Å². The highest BCUT2D eigenvalue weighted by Gasteiger charge is 2.33. The van der Waals surface area contributed by atoms with Crippen molar-refractivity contribution in [2.75, 3.05) is 18.0 Å². The molecule has 0 saturated heterocycles. The molecule has 2 N–H and O–H groups in total. The second kappa shape index (κ2) is 7.83. The molecule has 0 spiro atoms. The molecule has 3 rings (SSSR count). The number of nitrogens with one attached hydrogen (secondary N) is 1. The Hall–Kier alpha value is -2.82. The molecule has 0 bridgehead atoms. The predicted octanol–water partition coefficient (Wildman–Crippen LogP) is 2.85. The Bertz CT molecular complexity index is 714. The standard InChI is InChI=1S/C20H22N2O3/c23-18(13-22(14-19(24)25)17-9-5-2-6-10-17)21-20(16-11-12-16)15-7-3-1-4-8-15/h1-10,16,20H,11-14H2,(H,21,23)(H,24,25). The molecule has 1 fully saturated rings. The molecule has 1 aliphatic carbocycles. The van der Waals surface area contributed by atoms with Gasteiger partial charge >= 0.3 is 5.97 Å². The largest absolute Gasteiger partial charge is 0.480 e. The summed E-state index contributed by atoms with van der Waals surface area (Å²) in [6.07, 6.45) is 2.22. The molecule has 1 amide bonds. The van der Waals surface area contributed by atoms with Crippen LogP contribution in [0.5, 0.6) is 0 Å². The van der Waals surface area contributed by atoms with Gasteiger partial charge in [0.15, 0.2) is 0 Å². The summed E-state index contributed by atoms with van der Waals surface area (Å²) in [7, 11) is 0. The second-order valence-electron chi connectivity index (χ2n) is 6.38. The Balaban J connectivity index is 1.69. The Labute approximate surface area is 147 Å². The van der Waals surface area contributed by atoms with Crippen molar-refractivity contribution in [3.8, 4) is 0 Å². The van der Waals surface area contributed by atoms with E-state index in [1.807, 2.05) is 60.7 Å². The van der Waals surface area contributed by atoms with Crippen molar-refractivity contribution < 1.29 is 14.7 Å². The minimum Gasteiger partial charge on any atom is -0.480 e. The Morgan fingerprint density at radius 3 is 2.16 bits per heavy atom. The van der Waals surface area contributed by atoms with E-state index >= 15 is 0 Å². The van der Waals surface area contributed by atoms with E-state index < -0.39 is 5.97 Å². The molecule has 25 heavy (non-hydrogen) atoms. The lowest BCUT2D eigenvalue weighted by Gasteiger charge is -2.25. The van der Waals surface area contributed by atoms with Crippen LogP contribution in [0.4, 0.5) is 5.69 Å². The first-order chi connectivity index (χ1) is 12.1. The molecule has 1 atom stereocenters. The van der Waals surface area contributed by atoms with Crippen molar-refractivity contribution >= 4 is 17.6 Å². The summed E-state index contributed by atoms with van der Waals surface area (Å²) in [4.78, 5) is 25.3. The lowest BCUT2D eigenvalue weighted by atomic mass is 10.0. The quantitative estimate of drug-likeness (QED) is 0.776. The van der Waals surface area contributed by atoms with Gasteiger partial charge in [-0.25, -0.2) is 0 Å². The summed E-state index contributed by atoms with van der Waals surface area (Å²) in [5.74, 6) is -0.652. The van der Waals surface area contributed by atoms with Crippen LogP contribution in [0.1, 0.15) is 24.4 Å². The van der Waals surface area contributed by atoms with Crippen LogP contribution in [-0.4, -0.2) is 30.1 Å². The fourth-order valence-corrected chi connectivity index (χ4v) is 3.00. The molecule has 1 aliphatic rings. The zero-order chi connectivity index (χ0) is 17.6. The first kappa shape index (κ1) is 17.0. The molecule has 5 heteroatoms. The SMILES string of the molecule is O=C(O)CN(CC(=O)NC(c1ccccc1)C1CC1)c1ccccc1. The number of amides is 1. The van der Waals surface area contributed by atoms with Crippen molar-refractivity contribution in [3.05, 3.63) is 66.2 Å². The van der Waals surface area contributed by atoms with Gasteiger partial charge < -0.3 is 15.3 Å². The summed E-state index contributed by atoms with van der Waals surface area (Å²) in [6.45, 7) is -0.191. The van der Waals surface area contributed by atoms with E-state index in [0.717, 1.165) is 24.1 Å². The molecule has 0 aliphatic heterocycles. The molecule has 5 nitrogen and oxygen atoms in total. The van der Waals surface area contributed by atoms with E-state index in [0.29, 0.717) is 5.92 Å². The summed E-state index contributed by atoms with van der Waals surface area (Å²) in [5, 5.41) is 12.2. The molecule has 2 aromatic carbocycles. The molecular formula is C20H22N2O3. The lowest BCUT2D eigenvalue weighted by molar-refractivity contribution is -0.135. The van der Waals surface area contributed by atoms with E-state index in [4.69, 9.17) is 5.11 Å². The summed E-state index contributed by atoms with van der Waals surface area (Å²) in [6, 6.07) is 19.1. The smallest absolute Gasteiger partial charge is 0.323 e. The number of para-hydroxylation sites is 1. The van der Waals surface area contributed by atoms with Gasteiger partial charge in [0, 0.05) is 5.69 Å². The topological polar surface area (TPSA) is 69.6 Å². The highest BCUT2D eigenvalue weighted by Crippen LogP contribution is 2.40. The average molecular weight is 338 g/mol. The highest BCUT2D eigenvalue weighted by atomic mass is 16.4. The number of benzene rings is 2. The van der Waals surface area contributed by atoms with Crippen LogP contribution >= 0.6 is 0 Å². The van der Waals surface area contributed by atoms with Gasteiger partial charge in [-0.2, -0.15) is 0 Å². The number of nitrogens with zero attached hydrogens (tertiary/aromatic N) is 1. The number of hydrogen-bond donors (Lipinski definition) is 2. The number of carbonyl (C=O) groups excluding carboxylic acids is 1. The van der Waals surface area contributed by atoms with Gasteiger partial charge in [0.05, 0.1) is 12.6 Å². The maximum atomic E-state index is 12.6. The van der Waals surface area contributed by atoms with Crippen molar-refractivity contribution in [2.45, 2.75) is 18.9 Å². The van der Waals surface area contributed by atoms with Crippen LogP contribution in [0.15, 0.2) is 60.7 Å². The highest BCUT2D eigenvalue weighted by molar-refractivity contribution is 5.84. The lowest BCUT2D eigenvalue weighted by Crippen LogP contribution is -2.41. The Kier molecular flexibility index (Phi) is 5.33. The number of carboxylic acid groups (broad SMARTS) is 1. The summed E-state index contributed by atoms with van der Waals surface area (Å²) < 4.78 is 0. The predicted molar refractivity (Wildman–Crippen MR) is 96.3 cm³/mol. The van der Waals surface area contributed by atoms with E-state index in [-0.39, 0.29) is 25.0 Å². The zero-order valence-corrected chi connectivity index (χ0v) is 14.0. The monoisotopic (exact) mass is 338 g/mol. The van der Waals surface area contributed by atoms with Gasteiger partial charge in [-0.1, -0.05) is 48.5 Å². The van der Waals surface area contributed by atoms with Crippen LogP contribution in [0.25, 0.3) is 0 Å². The molecule has 0 heterocycles. The van der Waals surface area contributed by atoms with E-state index in [1.165, 1.54) is 0 Å². The number of hydrogen-bond acceptors (Lipinski definition) is 3. The van der Waals surface area contributed by atoms with Gasteiger partial charge in [-0.15, -0.1) is 0 Å². The third kappa shape index (κ3) is 4.83. The number of rotatable bonds is 8. The van der Waals surface area contributed by atoms with E-state index in [2.05, 4.69) is 5.32 Å². The Morgan fingerprint density at radius 2 is 1.60 bits per heavy atom. The summed E-state index contributed by atoms with van der Waals surface area (Å²) >= 11 is 0. The van der Waals surface area contributed by atoms with Gasteiger partial charge in [-0.3, -0.25) is 9.59 Å². The fraction of sp³-hybridized carbons (Fsp3) is 0.300. The van der Waals surface area contributed by atoms with Crippen LogP contribution in [0.3, 0.4) is 0 Å². The first-order valence-corrected chi connectivity index (χ1v) is 8.49. The van der Waals surface area contributed by atoms with Crippen molar-refractivity contribution in [3.63, 3.8) is 0 Å². The van der Waals surface area contributed by atoms with Gasteiger partial charge in [0.2, 0.25) is 5.91 Å². The second-order valence-corrected chi connectivity index (χ2v) is 6.38. The maximum Gasteiger partial charge on any atom is 0.323 e.